The Kier molecular flexibility index (Phi) is 3.32. The maximum atomic E-state index is 10.6. The van der Waals surface area contributed by atoms with Crippen molar-refractivity contribution < 1.29 is 14.6 Å². The number of aromatic nitrogens is 2. The van der Waals surface area contributed by atoms with E-state index in [1.165, 1.54) is 4.68 Å². The van der Waals surface area contributed by atoms with Crippen LogP contribution in [0.3, 0.4) is 0 Å². The van der Waals surface area contributed by atoms with Crippen LogP contribution in [0.4, 0.5) is 0 Å². The summed E-state index contributed by atoms with van der Waals surface area (Å²) in [6.45, 7) is 1.83. The quantitative estimate of drug-likeness (QED) is 0.895. The maximum absolute atomic E-state index is 10.6. The van der Waals surface area contributed by atoms with Gasteiger partial charge in [-0.3, -0.25) is 9.48 Å². The molecule has 0 amide bonds. The van der Waals surface area contributed by atoms with Gasteiger partial charge in [0.25, 0.3) is 0 Å². The van der Waals surface area contributed by atoms with E-state index in [0.29, 0.717) is 0 Å². The van der Waals surface area contributed by atoms with E-state index in [9.17, 15) is 4.79 Å². The summed E-state index contributed by atoms with van der Waals surface area (Å²) in [6, 6.07) is 5.83. The second-order valence-corrected chi connectivity index (χ2v) is 4.00. The SMILES string of the molecule is COc1cc(-c2cnn(CC(=O)O)c2)ccc1C. The molecule has 2 rings (SSSR count). The van der Waals surface area contributed by atoms with Gasteiger partial charge in [-0.25, -0.2) is 0 Å². The number of hydrogen-bond acceptors (Lipinski definition) is 3. The molecule has 5 nitrogen and oxygen atoms in total. The van der Waals surface area contributed by atoms with Crippen molar-refractivity contribution >= 4 is 5.97 Å². The first-order valence-corrected chi connectivity index (χ1v) is 5.49. The first kappa shape index (κ1) is 12.2. The molecule has 0 aliphatic carbocycles. The molecule has 1 aromatic carbocycles. The van der Waals surface area contributed by atoms with E-state index in [-0.39, 0.29) is 6.54 Å². The highest BCUT2D eigenvalue weighted by Gasteiger charge is 2.06. The Morgan fingerprint density at radius 1 is 1.44 bits per heavy atom. The number of rotatable bonds is 4. The standard InChI is InChI=1S/C13H14N2O3/c1-9-3-4-10(5-12(9)18-2)11-6-14-15(7-11)8-13(16)17/h3-7H,8H2,1-2H3,(H,16,17). The highest BCUT2D eigenvalue weighted by atomic mass is 16.5. The fraction of sp³-hybridized carbons (Fsp3) is 0.231. The van der Waals surface area contributed by atoms with Gasteiger partial charge in [-0.05, 0) is 24.1 Å². The zero-order chi connectivity index (χ0) is 13.1. The number of benzene rings is 1. The molecule has 0 aliphatic heterocycles. The highest BCUT2D eigenvalue weighted by Crippen LogP contribution is 2.26. The summed E-state index contributed by atoms with van der Waals surface area (Å²) >= 11 is 0. The lowest BCUT2D eigenvalue weighted by Crippen LogP contribution is -2.08. The number of carboxylic acid groups (broad SMARTS) is 1. The third kappa shape index (κ3) is 2.51. The van der Waals surface area contributed by atoms with Crippen LogP contribution in [0.25, 0.3) is 11.1 Å². The van der Waals surface area contributed by atoms with Crippen LogP contribution >= 0.6 is 0 Å². The fourth-order valence-electron chi connectivity index (χ4n) is 1.74. The first-order valence-electron chi connectivity index (χ1n) is 5.49. The Balaban J connectivity index is 2.31. The van der Waals surface area contributed by atoms with Crippen LogP contribution in [-0.2, 0) is 11.3 Å². The molecule has 18 heavy (non-hydrogen) atoms. The summed E-state index contributed by atoms with van der Waals surface area (Å²) in [5.41, 5.74) is 2.88. The van der Waals surface area contributed by atoms with Crippen LogP contribution in [0.2, 0.25) is 0 Å². The molecule has 0 unspecified atom stereocenters. The Morgan fingerprint density at radius 3 is 2.89 bits per heavy atom. The van der Waals surface area contributed by atoms with E-state index < -0.39 is 5.97 Å². The summed E-state index contributed by atoms with van der Waals surface area (Å²) in [6.07, 6.45) is 3.35. The second-order valence-electron chi connectivity index (χ2n) is 4.00. The predicted octanol–water partition coefficient (Wildman–Crippen LogP) is 1.95. The third-order valence-electron chi connectivity index (χ3n) is 2.67. The van der Waals surface area contributed by atoms with E-state index in [0.717, 1.165) is 22.4 Å². The van der Waals surface area contributed by atoms with Crippen molar-refractivity contribution in [2.24, 2.45) is 0 Å². The van der Waals surface area contributed by atoms with E-state index in [4.69, 9.17) is 9.84 Å². The third-order valence-corrected chi connectivity index (χ3v) is 2.67. The lowest BCUT2D eigenvalue weighted by molar-refractivity contribution is -0.137. The predicted molar refractivity (Wildman–Crippen MR) is 66.6 cm³/mol. The van der Waals surface area contributed by atoms with Gasteiger partial charge in [0.1, 0.15) is 12.3 Å². The monoisotopic (exact) mass is 246 g/mol. The second kappa shape index (κ2) is 4.91. The molecular formula is C13H14N2O3. The number of ether oxygens (including phenoxy) is 1. The summed E-state index contributed by atoms with van der Waals surface area (Å²) in [4.78, 5) is 10.6. The molecule has 0 bridgehead atoms. The number of aliphatic carboxylic acids is 1. The molecule has 0 saturated heterocycles. The van der Waals surface area contributed by atoms with Crippen molar-refractivity contribution in [2.45, 2.75) is 13.5 Å². The molecular weight excluding hydrogens is 232 g/mol. The zero-order valence-electron chi connectivity index (χ0n) is 10.3. The lowest BCUT2D eigenvalue weighted by Gasteiger charge is -2.06. The van der Waals surface area contributed by atoms with Gasteiger partial charge in [0.15, 0.2) is 0 Å². The molecule has 5 heteroatoms. The minimum atomic E-state index is -0.911. The normalized spacial score (nSPS) is 10.3. The largest absolute Gasteiger partial charge is 0.496 e. The van der Waals surface area contributed by atoms with Gasteiger partial charge in [0.2, 0.25) is 0 Å². The Labute approximate surface area is 105 Å². The Bertz CT molecular complexity index is 575. The summed E-state index contributed by atoms with van der Waals surface area (Å²) in [5.74, 6) is -0.107. The van der Waals surface area contributed by atoms with Crippen molar-refractivity contribution in [2.75, 3.05) is 7.11 Å². The number of aryl methyl sites for hydroxylation is 1. The topological polar surface area (TPSA) is 64.4 Å². The molecule has 0 fully saturated rings. The van der Waals surface area contributed by atoms with E-state index in [1.807, 2.05) is 25.1 Å². The average molecular weight is 246 g/mol. The summed E-state index contributed by atoms with van der Waals surface area (Å²) in [5, 5.41) is 12.7. The van der Waals surface area contributed by atoms with E-state index in [1.54, 1.807) is 19.5 Å². The minimum absolute atomic E-state index is 0.136. The Hall–Kier alpha value is -2.30. The number of methoxy groups -OCH3 is 1. The van der Waals surface area contributed by atoms with Crippen molar-refractivity contribution in [1.29, 1.82) is 0 Å². The van der Waals surface area contributed by atoms with Gasteiger partial charge >= 0.3 is 5.97 Å². The molecule has 0 spiro atoms. The fourth-order valence-corrected chi connectivity index (χ4v) is 1.74. The molecule has 0 radical (unpaired) electrons. The Morgan fingerprint density at radius 2 is 2.22 bits per heavy atom. The van der Waals surface area contributed by atoms with Crippen molar-refractivity contribution in [3.8, 4) is 16.9 Å². The van der Waals surface area contributed by atoms with Crippen LogP contribution in [0, 0.1) is 6.92 Å². The van der Waals surface area contributed by atoms with Gasteiger partial charge in [-0.1, -0.05) is 12.1 Å². The van der Waals surface area contributed by atoms with Crippen molar-refractivity contribution in [3.63, 3.8) is 0 Å². The maximum Gasteiger partial charge on any atom is 0.325 e. The van der Waals surface area contributed by atoms with Gasteiger partial charge in [0, 0.05) is 11.8 Å². The molecule has 2 aromatic rings. The van der Waals surface area contributed by atoms with Crippen molar-refractivity contribution in [3.05, 3.63) is 36.2 Å². The van der Waals surface area contributed by atoms with Crippen LogP contribution in [-0.4, -0.2) is 28.0 Å². The van der Waals surface area contributed by atoms with Gasteiger partial charge < -0.3 is 9.84 Å². The average Bonchev–Trinajstić information content (AvgIpc) is 2.77. The molecule has 0 atom stereocenters. The van der Waals surface area contributed by atoms with Crippen LogP contribution in [0.5, 0.6) is 5.75 Å². The highest BCUT2D eigenvalue weighted by molar-refractivity contribution is 5.68. The molecule has 94 valence electrons. The minimum Gasteiger partial charge on any atom is -0.496 e. The first-order chi connectivity index (χ1) is 8.60. The summed E-state index contributed by atoms with van der Waals surface area (Å²) in [7, 11) is 1.62. The molecule has 1 N–H and O–H groups in total. The van der Waals surface area contributed by atoms with E-state index >= 15 is 0 Å². The van der Waals surface area contributed by atoms with Gasteiger partial charge in [-0.2, -0.15) is 5.10 Å². The number of nitrogens with zero attached hydrogens (tertiary/aromatic N) is 2. The van der Waals surface area contributed by atoms with E-state index in [2.05, 4.69) is 5.10 Å². The van der Waals surface area contributed by atoms with Crippen molar-refractivity contribution in [1.82, 2.24) is 9.78 Å². The molecule has 1 aromatic heterocycles. The van der Waals surface area contributed by atoms with Gasteiger partial charge in [0.05, 0.1) is 13.3 Å². The van der Waals surface area contributed by atoms with Crippen LogP contribution in [0.1, 0.15) is 5.56 Å². The van der Waals surface area contributed by atoms with Gasteiger partial charge in [-0.15, -0.1) is 0 Å². The molecule has 0 saturated carbocycles. The molecule has 1 heterocycles. The number of carbonyl (C=O) groups is 1. The number of carboxylic acids is 1. The molecule has 0 aliphatic rings. The van der Waals surface area contributed by atoms with Crippen LogP contribution in [0.15, 0.2) is 30.6 Å². The van der Waals surface area contributed by atoms with Crippen LogP contribution < -0.4 is 4.74 Å². The number of hydrogen-bond donors (Lipinski definition) is 1. The smallest absolute Gasteiger partial charge is 0.325 e. The summed E-state index contributed by atoms with van der Waals surface area (Å²) < 4.78 is 6.65. The zero-order valence-corrected chi connectivity index (χ0v) is 10.3. The lowest BCUT2D eigenvalue weighted by atomic mass is 10.1.